The van der Waals surface area contributed by atoms with E-state index in [0.717, 1.165) is 18.4 Å². The first-order valence-electron chi connectivity index (χ1n) is 6.75. The minimum Gasteiger partial charge on any atom is -0.293 e. The van der Waals surface area contributed by atoms with Crippen LogP contribution < -0.4 is 5.56 Å². The average molecular weight is 309 g/mol. The predicted octanol–water partition coefficient (Wildman–Crippen LogP) is 3.59. The largest absolute Gasteiger partial charge is 0.293 e. The quantitative estimate of drug-likeness (QED) is 0.810. The number of para-hydroxylation sites is 1. The number of benzene rings is 1. The molecule has 1 fully saturated rings. The standard InChI is InChI=1S/C15H17ClN2OS/c1-10(16)13-17-12-6-4-3-5-11(12)14(19)18(13)9-15(20-2)7-8-15/h3-6,10H,7-9H2,1-2H3. The summed E-state index contributed by atoms with van der Waals surface area (Å²) in [6.45, 7) is 2.57. The van der Waals surface area contributed by atoms with Crippen LogP contribution in [0.2, 0.25) is 0 Å². The van der Waals surface area contributed by atoms with Crippen LogP contribution in [0, 0.1) is 0 Å². The summed E-state index contributed by atoms with van der Waals surface area (Å²) in [5.74, 6) is 0.677. The van der Waals surface area contributed by atoms with Crippen molar-refractivity contribution in [1.82, 2.24) is 9.55 Å². The third kappa shape index (κ3) is 2.35. The molecule has 5 heteroatoms. The Morgan fingerprint density at radius 3 is 2.75 bits per heavy atom. The molecule has 1 heterocycles. The molecule has 3 rings (SSSR count). The molecule has 1 atom stereocenters. The van der Waals surface area contributed by atoms with Gasteiger partial charge in [-0.05, 0) is 38.2 Å². The Morgan fingerprint density at radius 2 is 2.15 bits per heavy atom. The molecule has 1 saturated carbocycles. The molecule has 1 aliphatic carbocycles. The Bertz CT molecular complexity index is 707. The Labute approximate surface area is 127 Å². The molecule has 0 bridgehead atoms. The zero-order chi connectivity index (χ0) is 14.3. The fraction of sp³-hybridized carbons (Fsp3) is 0.467. The van der Waals surface area contributed by atoms with Gasteiger partial charge in [-0.3, -0.25) is 9.36 Å². The van der Waals surface area contributed by atoms with Crippen molar-refractivity contribution in [3.63, 3.8) is 0 Å². The number of nitrogens with zero attached hydrogens (tertiary/aromatic N) is 2. The maximum atomic E-state index is 12.7. The lowest BCUT2D eigenvalue weighted by molar-refractivity contribution is 0.593. The molecule has 1 aromatic carbocycles. The second-order valence-electron chi connectivity index (χ2n) is 5.38. The summed E-state index contributed by atoms with van der Waals surface area (Å²) in [5.41, 5.74) is 0.753. The molecule has 20 heavy (non-hydrogen) atoms. The number of alkyl halides is 1. The van der Waals surface area contributed by atoms with E-state index in [9.17, 15) is 4.79 Å². The van der Waals surface area contributed by atoms with E-state index in [1.807, 2.05) is 43.0 Å². The van der Waals surface area contributed by atoms with E-state index in [0.29, 0.717) is 17.8 Å². The van der Waals surface area contributed by atoms with Gasteiger partial charge in [-0.1, -0.05) is 12.1 Å². The SMILES string of the molecule is CSC1(Cn2c(C(C)Cl)nc3ccccc3c2=O)CC1. The molecule has 3 nitrogen and oxygen atoms in total. The number of hydrogen-bond donors (Lipinski definition) is 0. The number of fused-ring (bicyclic) bond motifs is 1. The molecule has 0 spiro atoms. The molecular formula is C15H17ClN2OS. The summed E-state index contributed by atoms with van der Waals surface area (Å²) in [6, 6.07) is 7.47. The van der Waals surface area contributed by atoms with Crippen LogP contribution in [0.25, 0.3) is 10.9 Å². The van der Waals surface area contributed by atoms with Crippen LogP contribution >= 0.6 is 23.4 Å². The van der Waals surface area contributed by atoms with E-state index in [2.05, 4.69) is 11.2 Å². The maximum Gasteiger partial charge on any atom is 0.261 e. The Balaban J connectivity index is 2.20. The van der Waals surface area contributed by atoms with Crippen LogP contribution in [-0.4, -0.2) is 20.6 Å². The summed E-state index contributed by atoms with van der Waals surface area (Å²) in [7, 11) is 0. The maximum absolute atomic E-state index is 12.7. The first kappa shape index (κ1) is 14.0. The van der Waals surface area contributed by atoms with Gasteiger partial charge in [0.25, 0.3) is 5.56 Å². The normalized spacial score (nSPS) is 18.1. The lowest BCUT2D eigenvalue weighted by atomic mass is 10.2. The topological polar surface area (TPSA) is 34.9 Å². The minimum atomic E-state index is -0.273. The van der Waals surface area contributed by atoms with Crippen molar-refractivity contribution in [2.24, 2.45) is 0 Å². The lowest BCUT2D eigenvalue weighted by Gasteiger charge is -2.19. The summed E-state index contributed by atoms with van der Waals surface area (Å²) >= 11 is 8.08. The van der Waals surface area contributed by atoms with Crippen LogP contribution in [-0.2, 0) is 6.54 Å². The third-order valence-corrected chi connectivity index (χ3v) is 5.53. The van der Waals surface area contributed by atoms with Gasteiger partial charge in [0.05, 0.1) is 16.3 Å². The van der Waals surface area contributed by atoms with Gasteiger partial charge in [-0.25, -0.2) is 4.98 Å². The zero-order valence-electron chi connectivity index (χ0n) is 11.6. The number of halogens is 1. The molecule has 1 aromatic heterocycles. The Morgan fingerprint density at radius 1 is 1.45 bits per heavy atom. The van der Waals surface area contributed by atoms with Gasteiger partial charge in [-0.15, -0.1) is 11.6 Å². The Hall–Kier alpha value is -1.00. The highest BCUT2D eigenvalue weighted by Crippen LogP contribution is 2.48. The van der Waals surface area contributed by atoms with Crippen molar-refractivity contribution < 1.29 is 0 Å². The highest BCUT2D eigenvalue weighted by Gasteiger charge is 2.43. The van der Waals surface area contributed by atoms with Crippen LogP contribution in [0.4, 0.5) is 0 Å². The molecule has 0 aliphatic heterocycles. The van der Waals surface area contributed by atoms with Gasteiger partial charge in [0.15, 0.2) is 0 Å². The summed E-state index contributed by atoms with van der Waals surface area (Å²) in [6.07, 6.45) is 4.42. The number of aromatic nitrogens is 2. The number of hydrogen-bond acceptors (Lipinski definition) is 3. The fourth-order valence-corrected chi connectivity index (χ4v) is 3.43. The average Bonchev–Trinajstić information content (AvgIpc) is 3.22. The third-order valence-electron chi connectivity index (χ3n) is 3.93. The zero-order valence-corrected chi connectivity index (χ0v) is 13.2. The van der Waals surface area contributed by atoms with E-state index >= 15 is 0 Å². The van der Waals surface area contributed by atoms with Crippen LogP contribution in [0.3, 0.4) is 0 Å². The van der Waals surface area contributed by atoms with E-state index in [1.54, 1.807) is 4.57 Å². The van der Waals surface area contributed by atoms with E-state index in [-0.39, 0.29) is 15.7 Å². The molecule has 1 aliphatic rings. The summed E-state index contributed by atoms with van der Waals surface area (Å²) < 4.78 is 1.98. The molecule has 0 N–H and O–H groups in total. The van der Waals surface area contributed by atoms with Crippen LogP contribution in [0.1, 0.15) is 31.0 Å². The summed E-state index contributed by atoms with van der Waals surface area (Å²) in [4.78, 5) is 17.3. The van der Waals surface area contributed by atoms with Crippen molar-refractivity contribution >= 4 is 34.3 Å². The van der Waals surface area contributed by atoms with Crippen molar-refractivity contribution in [3.05, 3.63) is 40.4 Å². The first-order chi connectivity index (χ1) is 9.56. The van der Waals surface area contributed by atoms with E-state index < -0.39 is 0 Å². The van der Waals surface area contributed by atoms with Crippen LogP contribution in [0.15, 0.2) is 29.1 Å². The fourth-order valence-electron chi connectivity index (χ4n) is 2.50. The minimum absolute atomic E-state index is 0.0263. The second kappa shape index (κ2) is 5.08. The lowest BCUT2D eigenvalue weighted by Crippen LogP contribution is -2.30. The van der Waals surface area contributed by atoms with Gasteiger partial charge in [-0.2, -0.15) is 11.8 Å². The monoisotopic (exact) mass is 308 g/mol. The van der Waals surface area contributed by atoms with Crippen LogP contribution in [0.5, 0.6) is 0 Å². The van der Waals surface area contributed by atoms with Gasteiger partial charge < -0.3 is 0 Å². The number of rotatable bonds is 4. The molecule has 0 radical (unpaired) electrons. The first-order valence-corrected chi connectivity index (χ1v) is 8.41. The van der Waals surface area contributed by atoms with Gasteiger partial charge in [0.2, 0.25) is 0 Å². The molecule has 106 valence electrons. The Kier molecular flexibility index (Phi) is 3.55. The molecule has 1 unspecified atom stereocenters. The molecular weight excluding hydrogens is 292 g/mol. The van der Waals surface area contributed by atoms with E-state index in [4.69, 9.17) is 11.6 Å². The predicted molar refractivity (Wildman–Crippen MR) is 85.8 cm³/mol. The molecule has 0 amide bonds. The van der Waals surface area contributed by atoms with E-state index in [1.165, 1.54) is 0 Å². The number of thioether (sulfide) groups is 1. The van der Waals surface area contributed by atoms with Gasteiger partial charge >= 0.3 is 0 Å². The summed E-state index contributed by atoms with van der Waals surface area (Å²) in [5, 5.41) is 0.399. The van der Waals surface area contributed by atoms with Crippen molar-refractivity contribution in [3.8, 4) is 0 Å². The second-order valence-corrected chi connectivity index (χ2v) is 7.31. The van der Waals surface area contributed by atoms with Gasteiger partial charge in [0, 0.05) is 11.3 Å². The van der Waals surface area contributed by atoms with Crippen molar-refractivity contribution in [2.45, 2.75) is 36.4 Å². The van der Waals surface area contributed by atoms with Gasteiger partial charge in [0.1, 0.15) is 5.82 Å². The molecule has 2 aromatic rings. The highest BCUT2D eigenvalue weighted by molar-refractivity contribution is 8.00. The molecule has 0 saturated heterocycles. The smallest absolute Gasteiger partial charge is 0.261 e. The highest BCUT2D eigenvalue weighted by atomic mass is 35.5. The van der Waals surface area contributed by atoms with Crippen molar-refractivity contribution in [2.75, 3.05) is 6.26 Å². The van der Waals surface area contributed by atoms with Crippen molar-refractivity contribution in [1.29, 1.82) is 0 Å².